The van der Waals surface area contributed by atoms with Crippen LogP contribution in [0.25, 0.3) is 27.7 Å². The van der Waals surface area contributed by atoms with E-state index in [-0.39, 0.29) is 0 Å². The van der Waals surface area contributed by atoms with Crippen LogP contribution in [0.1, 0.15) is 5.69 Å². The molecule has 0 radical (unpaired) electrons. The third-order valence-electron chi connectivity index (χ3n) is 3.94. The molecule has 5 rings (SSSR count). The summed E-state index contributed by atoms with van der Waals surface area (Å²) in [6.07, 6.45) is 3.58. The van der Waals surface area contributed by atoms with Crippen molar-refractivity contribution in [1.29, 1.82) is 0 Å². The summed E-state index contributed by atoms with van der Waals surface area (Å²) >= 11 is 0. The minimum atomic E-state index is 0.616. The Labute approximate surface area is 119 Å². The normalized spacial score (nSPS) is 12.6. The Morgan fingerprint density at radius 3 is 2.81 bits per heavy atom. The predicted molar refractivity (Wildman–Crippen MR) is 77.0 cm³/mol. The average Bonchev–Trinajstić information content (AvgIpc) is 3.14. The van der Waals surface area contributed by atoms with Crippen molar-refractivity contribution < 1.29 is 0 Å². The van der Waals surface area contributed by atoms with Crippen LogP contribution in [0.4, 0.5) is 0 Å². The van der Waals surface area contributed by atoms with Gasteiger partial charge in [0.25, 0.3) is 0 Å². The molecule has 100 valence electrons. The summed E-state index contributed by atoms with van der Waals surface area (Å²) < 4.78 is 3.79. The van der Waals surface area contributed by atoms with E-state index in [0.717, 1.165) is 28.0 Å². The second-order valence-electron chi connectivity index (χ2n) is 5.10. The lowest BCUT2D eigenvalue weighted by atomic mass is 10.0. The molecule has 0 atom stereocenters. The van der Waals surface area contributed by atoms with E-state index in [1.54, 1.807) is 12.4 Å². The van der Waals surface area contributed by atoms with Gasteiger partial charge in [0, 0.05) is 10.9 Å². The van der Waals surface area contributed by atoms with E-state index < -0.39 is 0 Å². The van der Waals surface area contributed by atoms with Crippen molar-refractivity contribution in [2.24, 2.45) is 0 Å². The van der Waals surface area contributed by atoms with Gasteiger partial charge in [-0.2, -0.15) is 0 Å². The number of hydrogen-bond donors (Lipinski definition) is 0. The summed E-state index contributed by atoms with van der Waals surface area (Å²) in [5.74, 6) is 0. The second kappa shape index (κ2) is 3.76. The van der Waals surface area contributed by atoms with Crippen LogP contribution in [0.3, 0.4) is 0 Å². The zero-order valence-electron chi connectivity index (χ0n) is 11.0. The third kappa shape index (κ3) is 1.36. The molecule has 6 nitrogen and oxygen atoms in total. The fourth-order valence-electron chi connectivity index (χ4n) is 2.98. The average molecular weight is 274 g/mol. The maximum Gasteiger partial charge on any atom is 0.0912 e. The van der Waals surface area contributed by atoms with Gasteiger partial charge < -0.3 is 0 Å². The summed E-state index contributed by atoms with van der Waals surface area (Å²) in [5.41, 5.74) is 4.11. The summed E-state index contributed by atoms with van der Waals surface area (Å²) in [6.45, 7) is 0.616. The fraction of sp³-hybridized carbons (Fsp3) is 0.0667. The van der Waals surface area contributed by atoms with Gasteiger partial charge >= 0.3 is 0 Å². The van der Waals surface area contributed by atoms with Crippen LogP contribution in [-0.4, -0.2) is 30.0 Å². The van der Waals surface area contributed by atoms with E-state index in [9.17, 15) is 0 Å². The van der Waals surface area contributed by atoms with E-state index in [4.69, 9.17) is 0 Å². The third-order valence-corrected chi connectivity index (χ3v) is 3.94. The number of hydrogen-bond acceptors (Lipinski definition) is 4. The van der Waals surface area contributed by atoms with Gasteiger partial charge in [-0.15, -0.1) is 10.2 Å². The highest BCUT2D eigenvalue weighted by Gasteiger charge is 2.22. The van der Waals surface area contributed by atoms with Crippen molar-refractivity contribution >= 4 is 10.8 Å². The van der Waals surface area contributed by atoms with Gasteiger partial charge in [-0.3, -0.25) is 0 Å². The quantitative estimate of drug-likeness (QED) is 0.433. The van der Waals surface area contributed by atoms with Crippen molar-refractivity contribution in [2.75, 3.05) is 0 Å². The van der Waals surface area contributed by atoms with Gasteiger partial charge in [-0.1, -0.05) is 40.8 Å². The highest BCUT2D eigenvalue weighted by molar-refractivity contribution is 5.97. The molecule has 1 aliphatic heterocycles. The van der Waals surface area contributed by atoms with E-state index in [0.29, 0.717) is 6.54 Å². The molecule has 4 aromatic rings. The van der Waals surface area contributed by atoms with Gasteiger partial charge in [0.2, 0.25) is 0 Å². The standard InChI is InChI=1S/C15H10N6/c1-2-4-12-10(3-1)5-6-13-14-8-17-18-20(14)9-11-7-16-19-21(11)15(12)13/h1-8H,9H2. The maximum absolute atomic E-state index is 4.28. The van der Waals surface area contributed by atoms with Crippen LogP contribution in [0.5, 0.6) is 0 Å². The van der Waals surface area contributed by atoms with Gasteiger partial charge in [0.15, 0.2) is 0 Å². The number of fused-ring (bicyclic) bond motifs is 7. The van der Waals surface area contributed by atoms with Crippen LogP contribution in [-0.2, 0) is 6.54 Å². The summed E-state index contributed by atoms with van der Waals surface area (Å²) in [5, 5.41) is 18.9. The van der Waals surface area contributed by atoms with Gasteiger partial charge in [0.05, 0.1) is 36.0 Å². The molecule has 0 N–H and O–H groups in total. The lowest BCUT2D eigenvalue weighted by Crippen LogP contribution is -2.05. The number of benzene rings is 2. The molecule has 21 heavy (non-hydrogen) atoms. The summed E-state index contributed by atoms with van der Waals surface area (Å²) in [4.78, 5) is 0. The van der Waals surface area contributed by atoms with Crippen molar-refractivity contribution in [2.45, 2.75) is 6.54 Å². The smallest absolute Gasteiger partial charge is 0.0912 e. The Balaban J connectivity index is 2.02. The SMILES string of the molecule is c1ccc2c3c(ccc2c1)-c1cnnn1Cc1cnnn1-3. The summed E-state index contributed by atoms with van der Waals surface area (Å²) in [7, 11) is 0. The zero-order valence-corrected chi connectivity index (χ0v) is 11.0. The fourth-order valence-corrected chi connectivity index (χ4v) is 2.98. The molecule has 6 heteroatoms. The maximum atomic E-state index is 4.28. The first-order chi connectivity index (χ1) is 10.4. The highest BCUT2D eigenvalue weighted by Crippen LogP contribution is 2.35. The number of rotatable bonds is 0. The topological polar surface area (TPSA) is 61.4 Å². The first kappa shape index (κ1) is 10.7. The van der Waals surface area contributed by atoms with Crippen LogP contribution in [0.15, 0.2) is 48.8 Å². The van der Waals surface area contributed by atoms with Gasteiger partial charge in [-0.25, -0.2) is 9.36 Å². The Bertz CT molecular complexity index is 981. The molecule has 0 saturated carbocycles. The molecule has 0 fully saturated rings. The molecular weight excluding hydrogens is 264 g/mol. The zero-order chi connectivity index (χ0) is 13.8. The molecule has 2 aromatic carbocycles. The van der Waals surface area contributed by atoms with E-state index in [1.807, 2.05) is 21.5 Å². The molecule has 0 aliphatic carbocycles. The van der Waals surface area contributed by atoms with E-state index >= 15 is 0 Å². The lowest BCUT2D eigenvalue weighted by molar-refractivity contribution is 0.633. The highest BCUT2D eigenvalue weighted by atomic mass is 15.5. The lowest BCUT2D eigenvalue weighted by Gasteiger charge is -2.11. The summed E-state index contributed by atoms with van der Waals surface area (Å²) in [6, 6.07) is 12.5. The number of aromatic nitrogens is 6. The minimum absolute atomic E-state index is 0.616. The molecule has 0 bridgehead atoms. The minimum Gasteiger partial charge on any atom is -0.239 e. The van der Waals surface area contributed by atoms with Crippen LogP contribution in [0.2, 0.25) is 0 Å². The van der Waals surface area contributed by atoms with Gasteiger partial charge in [0.1, 0.15) is 0 Å². The van der Waals surface area contributed by atoms with E-state index in [1.165, 1.54) is 5.39 Å². The molecular formula is C15H10N6. The predicted octanol–water partition coefficient (Wildman–Crippen LogP) is 2.04. The monoisotopic (exact) mass is 274 g/mol. The van der Waals surface area contributed by atoms with Crippen molar-refractivity contribution in [3.8, 4) is 16.9 Å². The Hall–Kier alpha value is -3.02. The molecule has 0 amide bonds. The van der Waals surface area contributed by atoms with E-state index in [2.05, 4.69) is 44.9 Å². The molecule has 2 aromatic heterocycles. The first-order valence-corrected chi connectivity index (χ1v) is 6.72. The largest absolute Gasteiger partial charge is 0.239 e. The van der Waals surface area contributed by atoms with Crippen molar-refractivity contribution in [3.05, 3.63) is 54.5 Å². The molecule has 3 heterocycles. The first-order valence-electron chi connectivity index (χ1n) is 6.72. The number of nitrogens with zero attached hydrogens (tertiary/aromatic N) is 6. The Kier molecular flexibility index (Phi) is 1.92. The Morgan fingerprint density at radius 1 is 0.905 bits per heavy atom. The molecule has 0 unspecified atom stereocenters. The molecule has 0 spiro atoms. The van der Waals surface area contributed by atoms with Crippen LogP contribution < -0.4 is 0 Å². The van der Waals surface area contributed by atoms with Crippen LogP contribution in [0, 0.1) is 0 Å². The van der Waals surface area contributed by atoms with Crippen molar-refractivity contribution in [1.82, 2.24) is 30.0 Å². The van der Waals surface area contributed by atoms with Crippen molar-refractivity contribution in [3.63, 3.8) is 0 Å². The Morgan fingerprint density at radius 2 is 1.81 bits per heavy atom. The second-order valence-corrected chi connectivity index (χ2v) is 5.10. The van der Waals surface area contributed by atoms with Gasteiger partial charge in [-0.05, 0) is 11.5 Å². The molecule has 0 saturated heterocycles. The van der Waals surface area contributed by atoms with Crippen LogP contribution >= 0.6 is 0 Å². The molecule has 1 aliphatic rings.